The molecule has 0 fully saturated rings. The molecular formula is C15H26N4O3. The maximum Gasteiger partial charge on any atom is 0.323 e. The van der Waals surface area contributed by atoms with E-state index in [4.69, 9.17) is 0 Å². The second-order valence-electron chi connectivity index (χ2n) is 5.40. The molecule has 0 atom stereocenters. The van der Waals surface area contributed by atoms with Gasteiger partial charge in [-0.3, -0.25) is 19.6 Å². The van der Waals surface area contributed by atoms with Crippen molar-refractivity contribution in [1.82, 2.24) is 15.1 Å². The number of aryl methyl sites for hydroxylation is 2. The third-order valence-corrected chi connectivity index (χ3v) is 3.64. The molecule has 1 aromatic rings. The number of unbranched alkanes of at least 4 members (excludes halogenated alkanes) is 5. The van der Waals surface area contributed by atoms with Crippen LogP contribution in [0, 0.1) is 10.1 Å². The van der Waals surface area contributed by atoms with E-state index in [1.807, 2.05) is 0 Å². The van der Waals surface area contributed by atoms with Crippen LogP contribution in [0.4, 0.5) is 5.69 Å². The van der Waals surface area contributed by atoms with E-state index in [1.54, 1.807) is 14.0 Å². The molecule has 0 aliphatic heterocycles. The third kappa shape index (κ3) is 4.82. The Kier molecular flexibility index (Phi) is 7.56. The van der Waals surface area contributed by atoms with Gasteiger partial charge in [-0.1, -0.05) is 46.0 Å². The maximum atomic E-state index is 12.2. The summed E-state index contributed by atoms with van der Waals surface area (Å²) in [6.07, 6.45) is 7.21. The number of amides is 1. The molecule has 1 heterocycles. The Hall–Kier alpha value is -1.92. The number of hydrogen-bond acceptors (Lipinski definition) is 4. The molecule has 0 unspecified atom stereocenters. The molecule has 1 aromatic heterocycles. The molecule has 0 spiro atoms. The lowest BCUT2D eigenvalue weighted by Gasteiger charge is -2.05. The van der Waals surface area contributed by atoms with Gasteiger partial charge in [-0.05, 0) is 12.8 Å². The minimum Gasteiger partial charge on any atom is -0.350 e. The highest BCUT2D eigenvalue weighted by molar-refractivity contribution is 5.96. The summed E-state index contributed by atoms with van der Waals surface area (Å²) in [6.45, 7) is 4.49. The average Bonchev–Trinajstić information content (AvgIpc) is 2.83. The highest BCUT2D eigenvalue weighted by Gasteiger charge is 2.30. The number of nitro groups is 1. The second-order valence-corrected chi connectivity index (χ2v) is 5.40. The fraction of sp³-hybridized carbons (Fsp3) is 0.733. The number of carbonyl (C=O) groups is 1. The lowest BCUT2D eigenvalue weighted by atomic mass is 10.1. The van der Waals surface area contributed by atoms with Crippen molar-refractivity contribution < 1.29 is 9.72 Å². The van der Waals surface area contributed by atoms with Crippen LogP contribution >= 0.6 is 0 Å². The van der Waals surface area contributed by atoms with Crippen molar-refractivity contribution in [3.05, 3.63) is 21.5 Å². The van der Waals surface area contributed by atoms with Crippen LogP contribution in [0.3, 0.4) is 0 Å². The quantitative estimate of drug-likeness (QED) is 0.408. The number of nitrogens with one attached hydrogen (secondary N) is 1. The van der Waals surface area contributed by atoms with Crippen molar-refractivity contribution in [3.8, 4) is 0 Å². The lowest BCUT2D eigenvalue weighted by molar-refractivity contribution is -0.385. The van der Waals surface area contributed by atoms with Gasteiger partial charge < -0.3 is 5.32 Å². The Morgan fingerprint density at radius 2 is 1.86 bits per heavy atom. The first-order chi connectivity index (χ1) is 10.5. The molecule has 7 heteroatoms. The molecule has 0 saturated carbocycles. The standard InChI is InChI=1S/C15H26N4O3/c1-4-6-7-8-9-10-11-16-15(20)14-13(19(21)22)12(5-2)17-18(14)3/h4-11H2,1-3H3,(H,16,20). The van der Waals surface area contributed by atoms with E-state index < -0.39 is 10.8 Å². The van der Waals surface area contributed by atoms with Crippen LogP contribution in [0.2, 0.25) is 0 Å². The van der Waals surface area contributed by atoms with E-state index in [0.717, 1.165) is 19.3 Å². The molecular weight excluding hydrogens is 284 g/mol. The summed E-state index contributed by atoms with van der Waals surface area (Å²) in [7, 11) is 1.56. The molecule has 0 aliphatic carbocycles. The van der Waals surface area contributed by atoms with Crippen LogP contribution in [0.5, 0.6) is 0 Å². The summed E-state index contributed by atoms with van der Waals surface area (Å²) in [5, 5.41) is 18.0. The molecule has 1 rings (SSSR count). The molecule has 0 aliphatic rings. The smallest absolute Gasteiger partial charge is 0.323 e. The molecule has 1 N–H and O–H groups in total. The normalized spacial score (nSPS) is 10.7. The fourth-order valence-electron chi connectivity index (χ4n) is 2.44. The molecule has 0 saturated heterocycles. The average molecular weight is 310 g/mol. The van der Waals surface area contributed by atoms with Crippen LogP contribution in [-0.4, -0.2) is 27.2 Å². The number of rotatable bonds is 10. The molecule has 22 heavy (non-hydrogen) atoms. The van der Waals surface area contributed by atoms with Crippen molar-refractivity contribution in [3.63, 3.8) is 0 Å². The number of carbonyl (C=O) groups excluding carboxylic acids is 1. The van der Waals surface area contributed by atoms with Crippen LogP contribution in [-0.2, 0) is 13.5 Å². The maximum absolute atomic E-state index is 12.2. The zero-order chi connectivity index (χ0) is 16.5. The highest BCUT2D eigenvalue weighted by Crippen LogP contribution is 2.23. The van der Waals surface area contributed by atoms with Gasteiger partial charge in [0.05, 0.1) is 4.92 Å². The van der Waals surface area contributed by atoms with E-state index in [2.05, 4.69) is 17.3 Å². The monoisotopic (exact) mass is 310 g/mol. The summed E-state index contributed by atoms with van der Waals surface area (Å²) >= 11 is 0. The van der Waals surface area contributed by atoms with Gasteiger partial charge in [0.2, 0.25) is 5.69 Å². The zero-order valence-electron chi connectivity index (χ0n) is 13.7. The van der Waals surface area contributed by atoms with Gasteiger partial charge in [-0.15, -0.1) is 0 Å². The minimum atomic E-state index is -0.522. The summed E-state index contributed by atoms with van der Waals surface area (Å²) in [5.74, 6) is -0.421. The molecule has 124 valence electrons. The van der Waals surface area contributed by atoms with Crippen molar-refractivity contribution in [2.24, 2.45) is 7.05 Å². The summed E-state index contributed by atoms with van der Waals surface area (Å²) in [5.41, 5.74) is 0.204. The lowest BCUT2D eigenvalue weighted by Crippen LogP contribution is -2.27. The predicted octanol–water partition coefficient (Wildman–Crippen LogP) is 2.98. The van der Waals surface area contributed by atoms with Crippen molar-refractivity contribution in [2.75, 3.05) is 6.54 Å². The Morgan fingerprint density at radius 3 is 2.45 bits per heavy atom. The number of aromatic nitrogens is 2. The van der Waals surface area contributed by atoms with Crippen LogP contribution in [0.25, 0.3) is 0 Å². The number of hydrogen-bond donors (Lipinski definition) is 1. The van der Waals surface area contributed by atoms with Crippen LogP contribution in [0.1, 0.15) is 68.6 Å². The van der Waals surface area contributed by atoms with Crippen molar-refractivity contribution in [1.29, 1.82) is 0 Å². The largest absolute Gasteiger partial charge is 0.350 e. The van der Waals surface area contributed by atoms with Gasteiger partial charge in [0.15, 0.2) is 0 Å². The first-order valence-electron chi connectivity index (χ1n) is 8.01. The molecule has 0 aromatic carbocycles. The summed E-state index contributed by atoms with van der Waals surface area (Å²) in [4.78, 5) is 22.8. The predicted molar refractivity (Wildman–Crippen MR) is 84.9 cm³/mol. The van der Waals surface area contributed by atoms with E-state index >= 15 is 0 Å². The summed E-state index contributed by atoms with van der Waals surface area (Å²) < 4.78 is 1.30. The molecule has 1 amide bonds. The SMILES string of the molecule is CCCCCCCCNC(=O)c1c([N+](=O)[O-])c(CC)nn1C. The second kappa shape index (κ2) is 9.17. The molecule has 0 bridgehead atoms. The molecule has 7 nitrogen and oxygen atoms in total. The highest BCUT2D eigenvalue weighted by atomic mass is 16.6. The van der Waals surface area contributed by atoms with E-state index in [1.165, 1.54) is 23.9 Å². The van der Waals surface area contributed by atoms with Gasteiger partial charge in [0, 0.05) is 13.6 Å². The Bertz CT molecular complexity index is 511. The van der Waals surface area contributed by atoms with Gasteiger partial charge in [0.1, 0.15) is 5.69 Å². The van der Waals surface area contributed by atoms with E-state index in [0.29, 0.717) is 18.7 Å². The van der Waals surface area contributed by atoms with Gasteiger partial charge in [-0.2, -0.15) is 5.10 Å². The number of nitrogens with zero attached hydrogens (tertiary/aromatic N) is 3. The summed E-state index contributed by atoms with van der Waals surface area (Å²) in [6, 6.07) is 0. The van der Waals surface area contributed by atoms with Crippen molar-refractivity contribution in [2.45, 2.75) is 58.8 Å². The molecule has 0 radical (unpaired) electrons. The fourth-order valence-corrected chi connectivity index (χ4v) is 2.44. The van der Waals surface area contributed by atoms with E-state index in [-0.39, 0.29) is 11.4 Å². The van der Waals surface area contributed by atoms with Gasteiger partial charge in [-0.25, -0.2) is 0 Å². The Morgan fingerprint density at radius 1 is 1.23 bits per heavy atom. The topological polar surface area (TPSA) is 90.1 Å². The first kappa shape index (κ1) is 18.1. The van der Waals surface area contributed by atoms with Crippen LogP contribution in [0.15, 0.2) is 0 Å². The van der Waals surface area contributed by atoms with Crippen molar-refractivity contribution >= 4 is 11.6 Å². The van der Waals surface area contributed by atoms with Gasteiger partial charge in [0.25, 0.3) is 5.91 Å². The van der Waals surface area contributed by atoms with E-state index in [9.17, 15) is 14.9 Å². The third-order valence-electron chi connectivity index (χ3n) is 3.64. The minimum absolute atomic E-state index is 0.0350. The zero-order valence-corrected chi connectivity index (χ0v) is 13.7. The Labute approximate surface area is 131 Å². The Balaban J connectivity index is 2.55. The first-order valence-corrected chi connectivity index (χ1v) is 8.01. The van der Waals surface area contributed by atoms with Gasteiger partial charge >= 0.3 is 5.69 Å². The van der Waals surface area contributed by atoms with Crippen LogP contribution < -0.4 is 5.32 Å².